The Bertz CT molecular complexity index is 918. The highest BCUT2D eigenvalue weighted by Crippen LogP contribution is 2.24. The Morgan fingerprint density at radius 1 is 1.04 bits per heavy atom. The molecule has 1 aliphatic heterocycles. The zero-order chi connectivity index (χ0) is 18.9. The predicted molar refractivity (Wildman–Crippen MR) is 98.8 cm³/mol. The van der Waals surface area contributed by atoms with Crippen LogP contribution in [0.5, 0.6) is 0 Å². The van der Waals surface area contributed by atoms with Gasteiger partial charge in [0.1, 0.15) is 0 Å². The molecule has 2 aromatic carbocycles. The van der Waals surface area contributed by atoms with E-state index >= 15 is 0 Å². The first-order chi connectivity index (χ1) is 12.2. The first kappa shape index (κ1) is 17.5. The van der Waals surface area contributed by atoms with Crippen LogP contribution in [0.25, 0.3) is 6.08 Å². The second-order valence-corrected chi connectivity index (χ2v) is 7.01. The van der Waals surface area contributed by atoms with Crippen molar-refractivity contribution in [2.45, 2.75) is 26.2 Å². The lowest BCUT2D eigenvalue weighted by Gasteiger charge is -2.18. The summed E-state index contributed by atoms with van der Waals surface area (Å²) in [6.45, 7) is 6.38. The van der Waals surface area contributed by atoms with Gasteiger partial charge in [0.25, 0.3) is 5.69 Å². The van der Waals surface area contributed by atoms with Crippen LogP contribution in [0, 0.1) is 10.1 Å². The van der Waals surface area contributed by atoms with Crippen molar-refractivity contribution < 1.29 is 14.5 Å². The van der Waals surface area contributed by atoms with Gasteiger partial charge in [-0.25, -0.2) is 9.79 Å². The van der Waals surface area contributed by atoms with E-state index in [4.69, 9.17) is 4.74 Å². The molecule has 6 heteroatoms. The van der Waals surface area contributed by atoms with Gasteiger partial charge in [-0.1, -0.05) is 32.9 Å². The number of hydrogen-bond acceptors (Lipinski definition) is 5. The molecule has 0 saturated heterocycles. The number of carbonyl (C=O) groups is 1. The summed E-state index contributed by atoms with van der Waals surface area (Å²) in [6.07, 6.45) is 1.54. The molecule has 132 valence electrons. The lowest BCUT2D eigenvalue weighted by molar-refractivity contribution is -0.384. The van der Waals surface area contributed by atoms with Crippen molar-refractivity contribution in [2.24, 2.45) is 4.99 Å². The highest BCUT2D eigenvalue weighted by Gasteiger charge is 2.24. The minimum Gasteiger partial charge on any atom is -0.402 e. The number of benzene rings is 2. The molecule has 2 aromatic rings. The fourth-order valence-electron chi connectivity index (χ4n) is 2.50. The van der Waals surface area contributed by atoms with Crippen LogP contribution in [0.1, 0.15) is 37.5 Å². The summed E-state index contributed by atoms with van der Waals surface area (Å²) in [5.41, 5.74) is 2.72. The van der Waals surface area contributed by atoms with E-state index in [0.717, 1.165) is 5.56 Å². The average Bonchev–Trinajstić information content (AvgIpc) is 2.95. The van der Waals surface area contributed by atoms with E-state index in [9.17, 15) is 14.9 Å². The van der Waals surface area contributed by atoms with E-state index in [-0.39, 0.29) is 22.7 Å². The molecule has 0 aromatic heterocycles. The van der Waals surface area contributed by atoms with Crippen molar-refractivity contribution in [1.82, 2.24) is 0 Å². The van der Waals surface area contributed by atoms with Gasteiger partial charge in [-0.3, -0.25) is 10.1 Å². The fraction of sp³-hybridized carbons (Fsp3) is 0.200. The molecule has 0 radical (unpaired) electrons. The predicted octanol–water partition coefficient (Wildman–Crippen LogP) is 4.24. The normalized spacial score (nSPS) is 15.7. The average molecular weight is 350 g/mol. The minimum atomic E-state index is -0.543. The monoisotopic (exact) mass is 350 g/mol. The van der Waals surface area contributed by atoms with Gasteiger partial charge in [0.05, 0.1) is 4.92 Å². The molecule has 1 aliphatic rings. The molecule has 26 heavy (non-hydrogen) atoms. The van der Waals surface area contributed by atoms with E-state index in [1.807, 2.05) is 24.3 Å². The van der Waals surface area contributed by atoms with Crippen LogP contribution in [0.3, 0.4) is 0 Å². The molecule has 0 atom stereocenters. The molecule has 0 aliphatic carbocycles. The van der Waals surface area contributed by atoms with Gasteiger partial charge in [0.15, 0.2) is 5.70 Å². The maximum atomic E-state index is 12.1. The number of ether oxygens (including phenoxy) is 1. The number of cyclic esters (lactones) is 1. The summed E-state index contributed by atoms with van der Waals surface area (Å²) in [6, 6.07) is 13.6. The van der Waals surface area contributed by atoms with Crippen molar-refractivity contribution in [3.05, 3.63) is 81.0 Å². The van der Waals surface area contributed by atoms with E-state index < -0.39 is 10.9 Å². The zero-order valence-corrected chi connectivity index (χ0v) is 14.7. The Hall–Kier alpha value is -3.28. The number of nitrogens with zero attached hydrogens (tertiary/aromatic N) is 2. The van der Waals surface area contributed by atoms with Crippen molar-refractivity contribution >= 4 is 23.6 Å². The number of nitro groups is 1. The van der Waals surface area contributed by atoms with Crippen molar-refractivity contribution in [1.29, 1.82) is 0 Å². The van der Waals surface area contributed by atoms with Crippen LogP contribution < -0.4 is 0 Å². The van der Waals surface area contributed by atoms with E-state index in [1.54, 1.807) is 18.2 Å². The Morgan fingerprint density at radius 3 is 2.19 bits per heavy atom. The smallest absolute Gasteiger partial charge is 0.363 e. The zero-order valence-electron chi connectivity index (χ0n) is 14.7. The third-order valence-electron chi connectivity index (χ3n) is 4.03. The number of carbonyl (C=O) groups excluding carboxylic acids is 1. The third-order valence-corrected chi connectivity index (χ3v) is 4.03. The van der Waals surface area contributed by atoms with Gasteiger partial charge in [0.2, 0.25) is 5.90 Å². The quantitative estimate of drug-likeness (QED) is 0.359. The van der Waals surface area contributed by atoms with Crippen molar-refractivity contribution in [3.63, 3.8) is 0 Å². The van der Waals surface area contributed by atoms with Gasteiger partial charge >= 0.3 is 5.97 Å². The molecular weight excluding hydrogens is 332 g/mol. The van der Waals surface area contributed by atoms with Crippen molar-refractivity contribution in [3.8, 4) is 0 Å². The summed E-state index contributed by atoms with van der Waals surface area (Å²) < 4.78 is 5.25. The molecule has 1 heterocycles. The minimum absolute atomic E-state index is 0.00993. The number of hydrogen-bond donors (Lipinski definition) is 0. The van der Waals surface area contributed by atoms with Gasteiger partial charge in [-0.15, -0.1) is 0 Å². The van der Waals surface area contributed by atoms with E-state index in [0.29, 0.717) is 5.56 Å². The Kier molecular flexibility index (Phi) is 4.42. The second-order valence-electron chi connectivity index (χ2n) is 7.01. The number of esters is 1. The number of non-ortho nitro benzene ring substituents is 1. The molecule has 3 rings (SSSR count). The molecular formula is C20H18N2O4. The molecule has 0 bridgehead atoms. The van der Waals surface area contributed by atoms with Crippen LogP contribution in [-0.2, 0) is 14.9 Å². The Labute approximate surface area is 151 Å². The van der Waals surface area contributed by atoms with Crippen LogP contribution in [0.2, 0.25) is 0 Å². The molecule has 0 spiro atoms. The summed E-state index contributed by atoms with van der Waals surface area (Å²) in [4.78, 5) is 26.5. The number of aliphatic imine (C=N–C) groups is 1. The molecule has 0 unspecified atom stereocenters. The second kappa shape index (κ2) is 6.55. The van der Waals surface area contributed by atoms with E-state index in [1.165, 1.54) is 17.7 Å². The fourth-order valence-corrected chi connectivity index (χ4v) is 2.50. The molecule has 0 saturated carbocycles. The first-order valence-corrected chi connectivity index (χ1v) is 8.12. The third kappa shape index (κ3) is 3.69. The lowest BCUT2D eigenvalue weighted by atomic mass is 9.87. The topological polar surface area (TPSA) is 81.8 Å². The molecule has 0 amide bonds. The molecule has 6 nitrogen and oxygen atoms in total. The highest BCUT2D eigenvalue weighted by molar-refractivity contribution is 6.12. The van der Waals surface area contributed by atoms with Gasteiger partial charge < -0.3 is 4.74 Å². The van der Waals surface area contributed by atoms with Gasteiger partial charge in [-0.2, -0.15) is 0 Å². The van der Waals surface area contributed by atoms with Crippen LogP contribution in [-0.4, -0.2) is 16.8 Å². The summed E-state index contributed by atoms with van der Waals surface area (Å²) in [5, 5.41) is 10.7. The van der Waals surface area contributed by atoms with Crippen LogP contribution in [0.15, 0.2) is 59.2 Å². The Balaban J connectivity index is 1.85. The highest BCUT2D eigenvalue weighted by atomic mass is 16.6. The van der Waals surface area contributed by atoms with Gasteiger partial charge in [0, 0.05) is 17.7 Å². The summed E-state index contributed by atoms with van der Waals surface area (Å²) in [5.74, 6) is -0.290. The van der Waals surface area contributed by atoms with Crippen LogP contribution >= 0.6 is 0 Å². The van der Waals surface area contributed by atoms with E-state index in [2.05, 4.69) is 25.8 Å². The first-order valence-electron chi connectivity index (χ1n) is 8.12. The lowest BCUT2D eigenvalue weighted by Crippen LogP contribution is -2.11. The maximum absolute atomic E-state index is 12.1. The SMILES string of the molecule is CC(C)(C)c1ccc(C2=N/C(=C\c3ccc([N+](=O)[O-])cc3)C(=O)O2)cc1. The van der Waals surface area contributed by atoms with Gasteiger partial charge in [-0.05, 0) is 46.9 Å². The Morgan fingerprint density at radius 2 is 1.65 bits per heavy atom. The molecule has 0 N–H and O–H groups in total. The molecule has 0 fully saturated rings. The largest absolute Gasteiger partial charge is 0.402 e. The van der Waals surface area contributed by atoms with Crippen LogP contribution in [0.4, 0.5) is 5.69 Å². The summed E-state index contributed by atoms with van der Waals surface area (Å²) in [7, 11) is 0. The standard InChI is InChI=1S/C20H18N2O4/c1-20(2,3)15-8-6-14(7-9-15)18-21-17(19(23)26-18)12-13-4-10-16(11-5-13)22(24)25/h4-12H,1-3H3/b17-12-. The number of nitro benzene ring substituents is 1. The van der Waals surface area contributed by atoms with Crippen molar-refractivity contribution in [2.75, 3.05) is 0 Å². The summed E-state index contributed by atoms with van der Waals surface area (Å²) >= 11 is 0. The number of rotatable bonds is 3. The maximum Gasteiger partial charge on any atom is 0.363 e.